The van der Waals surface area contributed by atoms with Crippen molar-refractivity contribution in [3.63, 3.8) is 0 Å². The summed E-state index contributed by atoms with van der Waals surface area (Å²) in [6, 6.07) is 16.1. The van der Waals surface area contributed by atoms with Gasteiger partial charge in [-0.05, 0) is 32.6 Å². The number of carbonyl (C=O) groups is 2. The average Bonchev–Trinajstić information content (AvgIpc) is 3.51. The van der Waals surface area contributed by atoms with Crippen molar-refractivity contribution >= 4 is 54.9 Å². The van der Waals surface area contributed by atoms with Crippen LogP contribution in [0.2, 0.25) is 0 Å². The molecule has 4 aromatic rings. The number of aromatic nitrogens is 2. The van der Waals surface area contributed by atoms with E-state index in [1.165, 1.54) is 0 Å². The predicted octanol–water partition coefficient (Wildman–Crippen LogP) is 3.02. The van der Waals surface area contributed by atoms with E-state index in [9.17, 15) is 18.0 Å². The quantitative estimate of drug-likeness (QED) is 0.283. The van der Waals surface area contributed by atoms with Crippen LogP contribution in [-0.2, 0) is 37.5 Å². The fourth-order valence-corrected chi connectivity index (χ4v) is 5.47. The lowest BCUT2D eigenvalue weighted by molar-refractivity contribution is -0.122. The van der Waals surface area contributed by atoms with Crippen molar-refractivity contribution in [2.24, 2.45) is 0 Å². The normalized spacial score (nSPS) is 18.0. The van der Waals surface area contributed by atoms with E-state index in [1.807, 2.05) is 48.8 Å². The standard InChI is InChI=1S/C28H28N4O3.CH4O3S/c1-30(2)15-18-11-12-31-16-21(19-7-3-5-9-23(19)31)25-26(28(34)29-27(25)33)22-17-32(13-14-35-18)24-10-6-4-8-20(22)24;1-5(2,3)4/h3-10,16-18H,11-15H2,1-2H3,(H,29,33,34);1H3,(H,2,3,4)/t18-;/m0./s1. The molecule has 2 N–H and O–H groups in total. The minimum Gasteiger partial charge on any atom is -0.375 e. The van der Waals surface area contributed by atoms with Crippen LogP contribution in [-0.4, -0.2) is 78.4 Å². The summed E-state index contributed by atoms with van der Waals surface area (Å²) < 4.78 is 36.6. The molecule has 11 heteroatoms. The van der Waals surface area contributed by atoms with Crippen molar-refractivity contribution in [3.8, 4) is 0 Å². The van der Waals surface area contributed by atoms with Crippen LogP contribution in [0.5, 0.6) is 0 Å². The lowest BCUT2D eigenvalue weighted by Crippen LogP contribution is -2.30. The third-order valence-electron chi connectivity index (χ3n) is 6.99. The van der Waals surface area contributed by atoms with Crippen molar-refractivity contribution in [2.75, 3.05) is 33.5 Å². The number of likely N-dealkylation sites (N-methyl/N-ethyl adjacent to an activating group) is 1. The number of imide groups is 1. The first-order valence-corrected chi connectivity index (χ1v) is 14.8. The van der Waals surface area contributed by atoms with Crippen LogP contribution in [0.1, 0.15) is 17.5 Å². The summed E-state index contributed by atoms with van der Waals surface area (Å²) in [7, 11) is 0.459. The number of rotatable bonds is 2. The monoisotopic (exact) mass is 564 g/mol. The van der Waals surface area contributed by atoms with Crippen LogP contribution < -0.4 is 5.32 Å². The molecule has 0 radical (unpaired) electrons. The number of amides is 2. The van der Waals surface area contributed by atoms with Gasteiger partial charge in [-0.1, -0.05) is 36.4 Å². The minimum absolute atomic E-state index is 0.0741. The second kappa shape index (κ2) is 11.0. The van der Waals surface area contributed by atoms with Crippen LogP contribution in [0.3, 0.4) is 0 Å². The minimum atomic E-state index is -3.67. The second-order valence-corrected chi connectivity index (χ2v) is 11.8. The van der Waals surface area contributed by atoms with Crippen LogP contribution in [0, 0.1) is 0 Å². The third-order valence-corrected chi connectivity index (χ3v) is 6.99. The van der Waals surface area contributed by atoms with Gasteiger partial charge < -0.3 is 18.8 Å². The van der Waals surface area contributed by atoms with E-state index >= 15 is 0 Å². The number of fused-ring (bicyclic) bond motifs is 12. The van der Waals surface area contributed by atoms with Gasteiger partial charge in [-0.2, -0.15) is 8.42 Å². The van der Waals surface area contributed by atoms with Gasteiger partial charge in [0.25, 0.3) is 21.9 Å². The molecule has 1 atom stereocenters. The summed E-state index contributed by atoms with van der Waals surface area (Å²) in [4.78, 5) is 28.5. The molecule has 2 aromatic carbocycles. The fourth-order valence-electron chi connectivity index (χ4n) is 5.47. The first-order chi connectivity index (χ1) is 19.0. The number of ether oxygens (including phenoxy) is 1. The molecule has 40 heavy (non-hydrogen) atoms. The first-order valence-electron chi connectivity index (χ1n) is 13.0. The van der Waals surface area contributed by atoms with E-state index in [4.69, 9.17) is 9.29 Å². The Morgan fingerprint density at radius 3 is 1.88 bits per heavy atom. The van der Waals surface area contributed by atoms with Gasteiger partial charge in [0.2, 0.25) is 0 Å². The number of para-hydroxylation sites is 2. The Morgan fingerprint density at radius 1 is 0.900 bits per heavy atom. The fraction of sp³-hybridized carbons (Fsp3) is 0.310. The number of carbonyl (C=O) groups excluding carboxylic acids is 2. The molecule has 0 saturated carbocycles. The molecule has 210 valence electrons. The van der Waals surface area contributed by atoms with Gasteiger partial charge in [0.1, 0.15) is 0 Å². The van der Waals surface area contributed by atoms with E-state index in [2.05, 4.69) is 45.6 Å². The van der Waals surface area contributed by atoms with Crippen molar-refractivity contribution in [1.82, 2.24) is 19.4 Å². The van der Waals surface area contributed by atoms with Crippen molar-refractivity contribution in [2.45, 2.75) is 25.6 Å². The molecule has 2 amide bonds. The van der Waals surface area contributed by atoms with Crippen molar-refractivity contribution < 1.29 is 27.3 Å². The number of nitrogens with zero attached hydrogens (tertiary/aromatic N) is 3. The Kier molecular flexibility index (Phi) is 7.65. The Balaban J connectivity index is 0.000000595. The molecule has 2 aromatic heterocycles. The zero-order valence-corrected chi connectivity index (χ0v) is 23.4. The Hall–Kier alpha value is -3.77. The van der Waals surface area contributed by atoms with Gasteiger partial charge in [-0.3, -0.25) is 19.5 Å². The molecule has 2 aliphatic rings. The number of nitrogens with one attached hydrogen (secondary N) is 1. The number of hydrogen-bond donors (Lipinski definition) is 2. The number of hydrogen-bond acceptors (Lipinski definition) is 6. The van der Waals surface area contributed by atoms with Gasteiger partial charge in [0.15, 0.2) is 0 Å². The average molecular weight is 565 g/mol. The molecule has 0 saturated heterocycles. The topological polar surface area (TPSA) is 123 Å². The maximum Gasteiger partial charge on any atom is 0.261 e. The molecule has 10 nitrogen and oxygen atoms in total. The van der Waals surface area contributed by atoms with Gasteiger partial charge in [-0.15, -0.1) is 0 Å². The smallest absolute Gasteiger partial charge is 0.261 e. The Labute approximate surface area is 232 Å². The predicted molar refractivity (Wildman–Crippen MR) is 154 cm³/mol. The first kappa shape index (κ1) is 27.8. The molecule has 0 fully saturated rings. The molecular formula is C29H32N4O6S. The summed E-state index contributed by atoms with van der Waals surface area (Å²) >= 11 is 0. The highest BCUT2D eigenvalue weighted by Gasteiger charge is 2.35. The zero-order valence-electron chi connectivity index (χ0n) is 22.6. The molecule has 2 aliphatic heterocycles. The van der Waals surface area contributed by atoms with Gasteiger partial charge in [-0.25, -0.2) is 0 Å². The third kappa shape index (κ3) is 5.73. The maximum atomic E-state index is 13.2. The van der Waals surface area contributed by atoms with E-state index < -0.39 is 10.1 Å². The van der Waals surface area contributed by atoms with Crippen LogP contribution in [0.4, 0.5) is 0 Å². The van der Waals surface area contributed by atoms with E-state index in [0.29, 0.717) is 30.6 Å². The molecule has 0 unspecified atom stereocenters. The van der Waals surface area contributed by atoms with Crippen molar-refractivity contribution in [1.29, 1.82) is 0 Å². The highest BCUT2D eigenvalue weighted by molar-refractivity contribution is 7.85. The number of benzene rings is 2. The van der Waals surface area contributed by atoms with Gasteiger partial charge >= 0.3 is 0 Å². The Bertz CT molecular complexity index is 1740. The lowest BCUT2D eigenvalue weighted by Gasteiger charge is -2.22. The van der Waals surface area contributed by atoms with Gasteiger partial charge in [0, 0.05) is 65.0 Å². The van der Waals surface area contributed by atoms with Crippen LogP contribution in [0.25, 0.3) is 33.0 Å². The van der Waals surface area contributed by atoms with E-state index in [0.717, 1.165) is 52.4 Å². The molecule has 6 rings (SSSR count). The van der Waals surface area contributed by atoms with Crippen LogP contribution in [0.15, 0.2) is 60.9 Å². The molecule has 4 heterocycles. The summed E-state index contributed by atoms with van der Waals surface area (Å²) in [5.74, 6) is -0.690. The molecule has 0 spiro atoms. The summed E-state index contributed by atoms with van der Waals surface area (Å²) in [5, 5.41) is 4.48. The summed E-state index contributed by atoms with van der Waals surface area (Å²) in [6.45, 7) is 2.81. The molecular weight excluding hydrogens is 532 g/mol. The van der Waals surface area contributed by atoms with Gasteiger partial charge in [0.05, 0.1) is 30.1 Å². The molecule has 0 aliphatic carbocycles. The zero-order chi connectivity index (χ0) is 28.6. The summed E-state index contributed by atoms with van der Waals surface area (Å²) in [6.07, 6.45) is 5.64. The van der Waals surface area contributed by atoms with Crippen molar-refractivity contribution in [3.05, 3.63) is 72.1 Å². The highest BCUT2D eigenvalue weighted by Crippen LogP contribution is 2.39. The van der Waals surface area contributed by atoms with E-state index in [1.54, 1.807) is 0 Å². The lowest BCUT2D eigenvalue weighted by atomic mass is 9.95. The van der Waals surface area contributed by atoms with E-state index in [-0.39, 0.29) is 17.9 Å². The number of aryl methyl sites for hydroxylation is 1. The molecule has 4 bridgehead atoms. The van der Waals surface area contributed by atoms with Crippen LogP contribution >= 0.6 is 0 Å². The SMILES string of the molecule is CN(C)C[C@@H]1CCn2cc(c3ccccc32)C2=C(C(=O)NC2=O)c2cn(c3ccccc23)CCO1.CS(=O)(=O)O. The maximum absolute atomic E-state index is 13.2. The Morgan fingerprint density at radius 2 is 1.38 bits per heavy atom. The second-order valence-electron chi connectivity index (χ2n) is 10.3. The summed E-state index contributed by atoms with van der Waals surface area (Å²) in [5.41, 5.74) is 4.52. The highest BCUT2D eigenvalue weighted by atomic mass is 32.2. The largest absolute Gasteiger partial charge is 0.375 e.